The Morgan fingerprint density at radius 2 is 2.08 bits per heavy atom. The van der Waals surface area contributed by atoms with E-state index in [-0.39, 0.29) is 24.0 Å². The lowest BCUT2D eigenvalue weighted by atomic mass is 10.1. The van der Waals surface area contributed by atoms with Crippen molar-refractivity contribution in [1.29, 1.82) is 5.26 Å². The fourth-order valence-electron chi connectivity index (χ4n) is 2.56. The van der Waals surface area contributed by atoms with Gasteiger partial charge in [-0.3, -0.25) is 4.98 Å². The third kappa shape index (κ3) is 4.21. The molecule has 0 bridgehead atoms. The fourth-order valence-corrected chi connectivity index (χ4v) is 2.56. The maximum atomic E-state index is 13.8. The number of piperidine rings is 1. The van der Waals surface area contributed by atoms with Gasteiger partial charge in [0.1, 0.15) is 18.5 Å². The van der Waals surface area contributed by atoms with Crippen molar-refractivity contribution >= 4 is 0 Å². The van der Waals surface area contributed by atoms with E-state index >= 15 is 0 Å². The van der Waals surface area contributed by atoms with Crippen LogP contribution in [0.2, 0.25) is 0 Å². The number of nitrogens with zero attached hydrogens (tertiary/aromatic N) is 2. The average molecular weight is 327 g/mol. The summed E-state index contributed by atoms with van der Waals surface area (Å²) in [6.45, 7) is 2.09. The lowest BCUT2D eigenvalue weighted by Gasteiger charge is -2.23. The highest BCUT2D eigenvalue weighted by Crippen LogP contribution is 2.21. The van der Waals surface area contributed by atoms with E-state index in [1.54, 1.807) is 12.4 Å². The molecule has 2 heterocycles. The molecule has 0 unspecified atom stereocenters. The SMILES string of the molecule is N#Cc1ccc(OCc2cncc(OC3CCNCC3)c2)c(F)c1. The molecule has 0 amide bonds. The van der Waals surface area contributed by atoms with E-state index in [1.165, 1.54) is 12.1 Å². The number of nitrogens with one attached hydrogen (secondary N) is 1. The zero-order chi connectivity index (χ0) is 16.8. The minimum absolute atomic E-state index is 0.110. The predicted octanol–water partition coefficient (Wildman–Crippen LogP) is 2.80. The van der Waals surface area contributed by atoms with E-state index < -0.39 is 5.82 Å². The second-order valence-electron chi connectivity index (χ2n) is 5.64. The number of aromatic nitrogens is 1. The Balaban J connectivity index is 1.61. The monoisotopic (exact) mass is 327 g/mol. The first-order valence-electron chi connectivity index (χ1n) is 7.88. The summed E-state index contributed by atoms with van der Waals surface area (Å²) in [5, 5.41) is 12.0. The summed E-state index contributed by atoms with van der Waals surface area (Å²) in [4.78, 5) is 4.15. The lowest BCUT2D eigenvalue weighted by Crippen LogP contribution is -2.34. The summed E-state index contributed by atoms with van der Waals surface area (Å²) < 4.78 is 25.2. The molecule has 1 saturated heterocycles. The van der Waals surface area contributed by atoms with Crippen LogP contribution < -0.4 is 14.8 Å². The van der Waals surface area contributed by atoms with E-state index in [2.05, 4.69) is 10.3 Å². The molecule has 1 aromatic carbocycles. The van der Waals surface area contributed by atoms with Crippen LogP contribution >= 0.6 is 0 Å². The van der Waals surface area contributed by atoms with Crippen LogP contribution in [0.4, 0.5) is 4.39 Å². The van der Waals surface area contributed by atoms with E-state index in [0.717, 1.165) is 37.6 Å². The van der Waals surface area contributed by atoms with E-state index in [0.29, 0.717) is 5.75 Å². The Labute approximate surface area is 140 Å². The summed E-state index contributed by atoms with van der Waals surface area (Å²) in [7, 11) is 0. The number of rotatable bonds is 5. The number of nitriles is 1. The zero-order valence-corrected chi connectivity index (χ0v) is 13.2. The van der Waals surface area contributed by atoms with Gasteiger partial charge in [0.25, 0.3) is 0 Å². The molecule has 0 saturated carbocycles. The topological polar surface area (TPSA) is 67.2 Å². The van der Waals surface area contributed by atoms with Crippen LogP contribution in [0.5, 0.6) is 11.5 Å². The van der Waals surface area contributed by atoms with Crippen molar-refractivity contribution in [3.63, 3.8) is 0 Å². The third-order valence-corrected chi connectivity index (χ3v) is 3.81. The van der Waals surface area contributed by atoms with Crippen molar-refractivity contribution in [3.8, 4) is 17.6 Å². The average Bonchev–Trinajstić information content (AvgIpc) is 2.62. The van der Waals surface area contributed by atoms with E-state index in [1.807, 2.05) is 12.1 Å². The molecule has 1 aliphatic heterocycles. The van der Waals surface area contributed by atoms with Crippen LogP contribution in [-0.4, -0.2) is 24.2 Å². The quantitative estimate of drug-likeness (QED) is 0.914. The molecular weight excluding hydrogens is 309 g/mol. The maximum Gasteiger partial charge on any atom is 0.166 e. The molecule has 1 N–H and O–H groups in total. The highest BCUT2D eigenvalue weighted by molar-refractivity contribution is 5.36. The molecule has 2 aromatic rings. The van der Waals surface area contributed by atoms with Gasteiger partial charge in [-0.1, -0.05) is 0 Å². The number of hydrogen-bond acceptors (Lipinski definition) is 5. The standard InChI is InChI=1S/C18H18FN3O2/c19-17-8-13(9-20)1-2-18(17)23-12-14-7-16(11-22-10-14)24-15-3-5-21-6-4-15/h1-2,7-8,10-11,15,21H,3-6,12H2. The summed E-state index contributed by atoms with van der Waals surface area (Å²) in [5.41, 5.74) is 1.06. The van der Waals surface area contributed by atoms with Crippen LogP contribution in [0.15, 0.2) is 36.7 Å². The molecule has 0 atom stereocenters. The summed E-state index contributed by atoms with van der Waals surface area (Å²) in [6, 6.07) is 7.88. The molecule has 0 spiro atoms. The molecule has 6 heteroatoms. The van der Waals surface area contributed by atoms with Gasteiger partial charge in [0.05, 0.1) is 17.8 Å². The molecule has 124 valence electrons. The van der Waals surface area contributed by atoms with Gasteiger partial charge in [-0.2, -0.15) is 5.26 Å². The first-order chi connectivity index (χ1) is 11.7. The Hall–Kier alpha value is -2.65. The summed E-state index contributed by atoms with van der Waals surface area (Å²) in [5.74, 6) is 0.256. The molecule has 5 nitrogen and oxygen atoms in total. The van der Waals surface area contributed by atoms with Gasteiger partial charge >= 0.3 is 0 Å². The zero-order valence-electron chi connectivity index (χ0n) is 13.2. The molecule has 0 aliphatic carbocycles. The van der Waals surface area contributed by atoms with Gasteiger partial charge in [-0.05, 0) is 50.2 Å². The van der Waals surface area contributed by atoms with Crippen molar-refractivity contribution in [2.45, 2.75) is 25.6 Å². The molecule has 1 aliphatic rings. The van der Waals surface area contributed by atoms with Crippen molar-refractivity contribution in [2.75, 3.05) is 13.1 Å². The molecule has 1 fully saturated rings. The molecule has 3 rings (SSSR count). The smallest absolute Gasteiger partial charge is 0.166 e. The Morgan fingerprint density at radius 1 is 1.25 bits per heavy atom. The van der Waals surface area contributed by atoms with Crippen LogP contribution in [0.3, 0.4) is 0 Å². The number of ether oxygens (including phenoxy) is 2. The van der Waals surface area contributed by atoms with E-state index in [4.69, 9.17) is 14.7 Å². The van der Waals surface area contributed by atoms with Crippen LogP contribution in [0.1, 0.15) is 24.0 Å². The highest BCUT2D eigenvalue weighted by Gasteiger charge is 2.14. The van der Waals surface area contributed by atoms with Gasteiger partial charge in [0.2, 0.25) is 0 Å². The number of halogens is 1. The molecule has 24 heavy (non-hydrogen) atoms. The van der Waals surface area contributed by atoms with Crippen molar-refractivity contribution < 1.29 is 13.9 Å². The van der Waals surface area contributed by atoms with Gasteiger partial charge < -0.3 is 14.8 Å². The van der Waals surface area contributed by atoms with Crippen molar-refractivity contribution in [1.82, 2.24) is 10.3 Å². The van der Waals surface area contributed by atoms with Gasteiger partial charge in [-0.15, -0.1) is 0 Å². The van der Waals surface area contributed by atoms with Gasteiger partial charge in [0, 0.05) is 11.8 Å². The lowest BCUT2D eigenvalue weighted by molar-refractivity contribution is 0.161. The van der Waals surface area contributed by atoms with Gasteiger partial charge in [0.15, 0.2) is 11.6 Å². The fraction of sp³-hybridized carbons (Fsp3) is 0.333. The highest BCUT2D eigenvalue weighted by atomic mass is 19.1. The third-order valence-electron chi connectivity index (χ3n) is 3.81. The van der Waals surface area contributed by atoms with Crippen LogP contribution in [0, 0.1) is 17.1 Å². The van der Waals surface area contributed by atoms with Crippen molar-refractivity contribution in [3.05, 3.63) is 53.6 Å². The second-order valence-corrected chi connectivity index (χ2v) is 5.64. The predicted molar refractivity (Wildman–Crippen MR) is 86.2 cm³/mol. The van der Waals surface area contributed by atoms with Crippen LogP contribution in [-0.2, 0) is 6.61 Å². The normalized spacial score (nSPS) is 14.8. The molecule has 0 radical (unpaired) electrons. The van der Waals surface area contributed by atoms with E-state index in [9.17, 15) is 4.39 Å². The maximum absolute atomic E-state index is 13.8. The largest absolute Gasteiger partial charge is 0.489 e. The van der Waals surface area contributed by atoms with Crippen LogP contribution in [0.25, 0.3) is 0 Å². The molecular formula is C18H18FN3O2. The second kappa shape index (κ2) is 7.75. The minimum Gasteiger partial charge on any atom is -0.489 e. The van der Waals surface area contributed by atoms with Crippen molar-refractivity contribution in [2.24, 2.45) is 0 Å². The first kappa shape index (κ1) is 16.2. The number of benzene rings is 1. The Morgan fingerprint density at radius 3 is 2.83 bits per heavy atom. The number of hydrogen-bond donors (Lipinski definition) is 1. The van der Waals surface area contributed by atoms with Gasteiger partial charge in [-0.25, -0.2) is 4.39 Å². The summed E-state index contributed by atoms with van der Waals surface area (Å²) >= 11 is 0. The number of pyridine rings is 1. The minimum atomic E-state index is -0.552. The Kier molecular flexibility index (Phi) is 5.24. The molecule has 1 aromatic heterocycles. The Bertz CT molecular complexity index is 739. The first-order valence-corrected chi connectivity index (χ1v) is 7.88. The summed E-state index contributed by atoms with van der Waals surface area (Å²) in [6.07, 6.45) is 5.47.